The van der Waals surface area contributed by atoms with Gasteiger partial charge >= 0.3 is 11.9 Å². The first-order valence-corrected chi connectivity index (χ1v) is 14.4. The Bertz CT molecular complexity index is 1610. The number of anilines is 1. The number of quaternary nitrogens is 1. The summed E-state index contributed by atoms with van der Waals surface area (Å²) in [7, 11) is 3.65. The zero-order valence-corrected chi connectivity index (χ0v) is 25.0. The van der Waals surface area contributed by atoms with Crippen molar-refractivity contribution in [2.45, 2.75) is 37.4 Å². The van der Waals surface area contributed by atoms with Crippen LogP contribution in [0.1, 0.15) is 25.4 Å². The van der Waals surface area contributed by atoms with Crippen LogP contribution in [0.15, 0.2) is 33.5 Å². The van der Waals surface area contributed by atoms with Crippen LogP contribution >= 0.6 is 23.3 Å². The van der Waals surface area contributed by atoms with Crippen LogP contribution < -0.4 is 16.5 Å². The van der Waals surface area contributed by atoms with Gasteiger partial charge in [0, 0.05) is 35.1 Å². The summed E-state index contributed by atoms with van der Waals surface area (Å²) in [5.41, 5.74) is 3.56. The van der Waals surface area contributed by atoms with E-state index in [-0.39, 0.29) is 33.4 Å². The van der Waals surface area contributed by atoms with Crippen molar-refractivity contribution in [3.63, 3.8) is 0 Å². The third-order valence-electron chi connectivity index (χ3n) is 6.45. The molecule has 0 aliphatic carbocycles. The van der Waals surface area contributed by atoms with Gasteiger partial charge in [-0.25, -0.2) is 9.59 Å². The molecular weight excluding hydrogens is 608 g/mol. The molecule has 17 nitrogen and oxygen atoms in total. The van der Waals surface area contributed by atoms with Gasteiger partial charge in [-0.05, 0) is 13.8 Å². The van der Waals surface area contributed by atoms with Crippen LogP contribution in [-0.2, 0) is 30.6 Å². The quantitative estimate of drug-likeness (QED) is 0.0758. The molecule has 0 saturated carbocycles. The smallest absolute Gasteiger partial charge is 0.352 e. The summed E-state index contributed by atoms with van der Waals surface area (Å²) in [6, 6.07) is 0.132. The lowest BCUT2D eigenvalue weighted by molar-refractivity contribution is -0.899. The van der Waals surface area contributed by atoms with Crippen LogP contribution in [0.2, 0.25) is 0 Å². The maximum absolute atomic E-state index is 13.2. The highest BCUT2D eigenvalue weighted by molar-refractivity contribution is 8.00. The molecule has 1 fully saturated rings. The second-order valence-corrected chi connectivity index (χ2v) is 12.8. The molecule has 0 spiro atoms. The number of carbonyl (C=O) groups excluding carboxylic acids is 2. The van der Waals surface area contributed by atoms with E-state index in [2.05, 4.69) is 24.8 Å². The Morgan fingerprint density at radius 2 is 1.98 bits per heavy atom. The van der Waals surface area contributed by atoms with Gasteiger partial charge < -0.3 is 40.7 Å². The number of aromatic hydroxyl groups is 1. The van der Waals surface area contributed by atoms with Crippen molar-refractivity contribution in [2.24, 2.45) is 5.16 Å². The average Bonchev–Trinajstić information content (AvgIpc) is 3.34. The number of carboxylic acid groups (broad SMARTS) is 2. The molecule has 2 aromatic heterocycles. The standard InChI is InChI=1S/C24H28N8O9S2/c1-24(2,22(39)40)41-29-14(17-28-23(25)43-30-17)18(35)27-15-19(36)31-16(21(37)38)10(9-42-20(15)31)7-32(3,4)8-11-5-12(33)13(34)6-26-11/h5-6,15,20H,7-9H2,1-4H3,(H6-,25,26,27,28,29,30,33,34,35,37,38,39,40)/p+1/t15-,20+/m1/s1. The lowest BCUT2D eigenvalue weighted by Crippen LogP contribution is -2.71. The number of nitrogens with two attached hydrogens (primary N) is 1. The number of β-lactam (4-membered cyclic amide) rings is 1. The Labute approximate surface area is 251 Å². The number of aromatic amines is 1. The summed E-state index contributed by atoms with van der Waals surface area (Å²) in [6.07, 6.45) is 1.18. The second-order valence-electron chi connectivity index (χ2n) is 10.9. The van der Waals surface area contributed by atoms with Gasteiger partial charge in [-0.3, -0.25) is 19.3 Å². The van der Waals surface area contributed by atoms with E-state index < -0.39 is 57.7 Å². The van der Waals surface area contributed by atoms with Gasteiger partial charge in [-0.1, -0.05) is 5.16 Å². The Hall–Kier alpha value is -4.49. The van der Waals surface area contributed by atoms with Crippen LogP contribution in [0.25, 0.3) is 0 Å². The number of H-pyrrole nitrogens is 1. The van der Waals surface area contributed by atoms with E-state index in [0.717, 1.165) is 16.4 Å². The maximum Gasteiger partial charge on any atom is 0.352 e. The van der Waals surface area contributed by atoms with Crippen LogP contribution in [0, 0.1) is 0 Å². The summed E-state index contributed by atoms with van der Waals surface area (Å²) >= 11 is 2.01. The second kappa shape index (κ2) is 11.7. The summed E-state index contributed by atoms with van der Waals surface area (Å²) in [6.45, 7) is 2.94. The first-order valence-electron chi connectivity index (χ1n) is 12.5. The van der Waals surface area contributed by atoms with Gasteiger partial charge in [-0.15, -0.1) is 11.8 Å². The van der Waals surface area contributed by atoms with Crippen LogP contribution in [0.4, 0.5) is 5.13 Å². The van der Waals surface area contributed by atoms with E-state index >= 15 is 0 Å². The Balaban J connectivity index is 1.53. The minimum absolute atomic E-state index is 0.00332. The third kappa shape index (κ3) is 6.62. The number of nitrogens with one attached hydrogen (secondary N) is 2. The predicted molar refractivity (Wildman–Crippen MR) is 153 cm³/mol. The SMILES string of the molecule is CC(C)(ON=C(C(=O)N[C@@H]1C(=O)N2C(C(=O)O)=C(C[N+](C)(C)Cc3cc(=O)c(O)c[nH]3)CS[C@@H]12)c1nsc(N)n1)C(=O)O. The number of aliphatic carboxylic acids is 2. The molecule has 4 heterocycles. The van der Waals surface area contributed by atoms with Crippen molar-refractivity contribution in [2.75, 3.05) is 32.1 Å². The molecule has 0 radical (unpaired) electrons. The zero-order chi connectivity index (χ0) is 31.9. The fourth-order valence-electron chi connectivity index (χ4n) is 4.36. The van der Waals surface area contributed by atoms with Crippen LogP contribution in [-0.4, -0.2) is 112 Å². The molecule has 0 unspecified atom stereocenters. The van der Waals surface area contributed by atoms with Crippen LogP contribution in [0.5, 0.6) is 5.75 Å². The number of nitrogens with zero attached hydrogens (tertiary/aromatic N) is 5. The van der Waals surface area contributed by atoms with Crippen molar-refractivity contribution in [3.8, 4) is 5.75 Å². The Morgan fingerprint density at radius 1 is 1.28 bits per heavy atom. The highest BCUT2D eigenvalue weighted by Gasteiger charge is 2.55. The molecule has 2 aliphatic rings. The Morgan fingerprint density at radius 3 is 2.56 bits per heavy atom. The normalized spacial score (nSPS) is 19.0. The summed E-state index contributed by atoms with van der Waals surface area (Å²) in [5.74, 6) is -4.73. The summed E-state index contributed by atoms with van der Waals surface area (Å²) in [5, 5.41) is 34.3. The number of rotatable bonds is 11. The highest BCUT2D eigenvalue weighted by atomic mass is 32.2. The molecule has 2 amide bonds. The monoisotopic (exact) mass is 637 g/mol. The molecule has 7 N–H and O–H groups in total. The number of carboxylic acids is 2. The molecule has 4 rings (SSSR count). The topological polar surface area (TPSA) is 250 Å². The molecule has 2 aliphatic heterocycles. The number of likely N-dealkylation sites (N-methyl/N-ethyl adjacent to an activating group) is 1. The number of nitrogen functional groups attached to an aromatic ring is 1. The highest BCUT2D eigenvalue weighted by Crippen LogP contribution is 2.41. The third-order valence-corrected chi connectivity index (χ3v) is 8.34. The molecular formula is C24H29N8O9S2+. The number of oxime groups is 1. The molecule has 230 valence electrons. The summed E-state index contributed by atoms with van der Waals surface area (Å²) in [4.78, 5) is 74.9. The van der Waals surface area contributed by atoms with E-state index in [9.17, 15) is 39.3 Å². The van der Waals surface area contributed by atoms with Gasteiger partial charge in [0.05, 0.1) is 19.8 Å². The lowest BCUT2D eigenvalue weighted by Gasteiger charge is -2.49. The number of hydrogen-bond acceptors (Lipinski definition) is 13. The number of aromatic nitrogens is 3. The predicted octanol–water partition coefficient (Wildman–Crippen LogP) is -0.887. The van der Waals surface area contributed by atoms with Gasteiger partial charge in [-0.2, -0.15) is 9.36 Å². The molecule has 2 aromatic rings. The van der Waals surface area contributed by atoms with Gasteiger partial charge in [0.15, 0.2) is 10.9 Å². The van der Waals surface area contributed by atoms with Crippen molar-refractivity contribution in [1.29, 1.82) is 0 Å². The fraction of sp³-hybridized carbons (Fsp3) is 0.417. The first kappa shape index (κ1) is 31.4. The number of fused-ring (bicyclic) bond motifs is 1. The van der Waals surface area contributed by atoms with Crippen molar-refractivity contribution in [1.82, 2.24) is 24.6 Å². The van der Waals surface area contributed by atoms with E-state index in [0.29, 0.717) is 17.8 Å². The van der Waals surface area contributed by atoms with E-state index in [1.165, 1.54) is 37.9 Å². The van der Waals surface area contributed by atoms with Crippen molar-refractivity contribution >= 4 is 57.9 Å². The van der Waals surface area contributed by atoms with Crippen molar-refractivity contribution in [3.05, 3.63) is 45.3 Å². The Kier molecular flexibility index (Phi) is 8.52. The van der Waals surface area contributed by atoms with Gasteiger partial charge in [0.1, 0.15) is 30.2 Å². The molecule has 0 bridgehead atoms. The van der Waals surface area contributed by atoms with E-state index in [4.69, 9.17) is 10.6 Å². The zero-order valence-electron chi connectivity index (χ0n) is 23.4. The number of carbonyl (C=O) groups is 4. The molecule has 0 aromatic carbocycles. The minimum atomic E-state index is -1.81. The number of thioether (sulfide) groups is 1. The van der Waals surface area contributed by atoms with Crippen molar-refractivity contribution < 1.29 is 43.8 Å². The number of pyridine rings is 1. The fourth-order valence-corrected chi connectivity index (χ4v) is 6.13. The van der Waals surface area contributed by atoms with Gasteiger partial charge in [0.25, 0.3) is 11.8 Å². The minimum Gasteiger partial charge on any atom is -0.503 e. The first-order chi connectivity index (χ1) is 20.0. The van der Waals surface area contributed by atoms with Crippen LogP contribution in [0.3, 0.4) is 0 Å². The number of amides is 2. The average molecular weight is 638 g/mol. The molecule has 1 saturated heterocycles. The van der Waals surface area contributed by atoms with Gasteiger partial charge in [0.2, 0.25) is 22.6 Å². The van der Waals surface area contributed by atoms with E-state index in [1.54, 1.807) is 0 Å². The molecule has 2 atom stereocenters. The number of hydrogen-bond donors (Lipinski definition) is 6. The summed E-state index contributed by atoms with van der Waals surface area (Å²) < 4.78 is 4.14. The lowest BCUT2D eigenvalue weighted by atomic mass is 10.0. The largest absolute Gasteiger partial charge is 0.503 e. The maximum atomic E-state index is 13.2. The van der Waals surface area contributed by atoms with E-state index in [1.807, 2.05) is 14.1 Å². The molecule has 19 heteroatoms. The molecule has 43 heavy (non-hydrogen) atoms.